The predicted octanol–water partition coefficient (Wildman–Crippen LogP) is 5.07. The maximum Gasteiger partial charge on any atom is 0.223 e. The van der Waals surface area contributed by atoms with Crippen LogP contribution in [0.1, 0.15) is 66.6 Å². The minimum Gasteiger partial charge on any atom is -0.342 e. The predicted molar refractivity (Wildman–Crippen MR) is 98.8 cm³/mol. The van der Waals surface area contributed by atoms with Gasteiger partial charge in [-0.25, -0.2) is 0 Å². The van der Waals surface area contributed by atoms with Crippen LogP contribution < -0.4 is 0 Å². The quantitative estimate of drug-likeness (QED) is 0.498. The molecule has 1 aliphatic rings. The van der Waals surface area contributed by atoms with Gasteiger partial charge in [-0.2, -0.15) is 0 Å². The Labute approximate surface area is 150 Å². The van der Waals surface area contributed by atoms with Crippen LogP contribution in [0.4, 0.5) is 0 Å². The number of ether oxygens (including phenoxy) is 2. The summed E-state index contributed by atoms with van der Waals surface area (Å²) < 4.78 is 12.8. The van der Waals surface area contributed by atoms with Crippen molar-refractivity contribution in [1.82, 2.24) is 0 Å². The molecule has 25 heavy (non-hydrogen) atoms. The molecular formula is C22H26O3. The van der Waals surface area contributed by atoms with Crippen molar-refractivity contribution in [3.8, 4) is 0 Å². The van der Waals surface area contributed by atoms with Gasteiger partial charge in [0.15, 0.2) is 5.78 Å². The Bertz CT molecular complexity index is 674. The number of benzene rings is 2. The van der Waals surface area contributed by atoms with E-state index in [1.165, 1.54) is 0 Å². The van der Waals surface area contributed by atoms with Gasteiger partial charge in [0.25, 0.3) is 0 Å². The molecule has 0 fully saturated rings. The van der Waals surface area contributed by atoms with E-state index in [1.54, 1.807) is 0 Å². The van der Waals surface area contributed by atoms with Crippen LogP contribution in [0.25, 0.3) is 0 Å². The Balaban J connectivity index is 2.13. The zero-order valence-corrected chi connectivity index (χ0v) is 15.1. The van der Waals surface area contributed by atoms with Crippen molar-refractivity contribution in [2.45, 2.75) is 45.3 Å². The Morgan fingerprint density at radius 3 is 1.64 bits per heavy atom. The number of carbonyl (C=O) groups excluding carboxylic acids is 1. The molecule has 0 unspecified atom stereocenters. The lowest BCUT2D eigenvalue weighted by Crippen LogP contribution is -2.41. The lowest BCUT2D eigenvalue weighted by molar-refractivity contribution is -0.220. The maximum atomic E-state index is 12.9. The second-order valence-corrected chi connectivity index (χ2v) is 6.44. The van der Waals surface area contributed by atoms with Gasteiger partial charge >= 0.3 is 0 Å². The largest absolute Gasteiger partial charge is 0.342 e. The Morgan fingerprint density at radius 2 is 1.20 bits per heavy atom. The maximum absolute atomic E-state index is 12.9. The molecule has 0 spiro atoms. The second kappa shape index (κ2) is 7.94. The van der Waals surface area contributed by atoms with Crippen molar-refractivity contribution >= 4 is 5.78 Å². The lowest BCUT2D eigenvalue weighted by Gasteiger charge is -2.39. The molecule has 132 valence electrons. The number of rotatable bonds is 8. The van der Waals surface area contributed by atoms with Crippen molar-refractivity contribution < 1.29 is 14.3 Å². The van der Waals surface area contributed by atoms with Crippen LogP contribution in [-0.4, -0.2) is 19.0 Å². The summed E-state index contributed by atoms with van der Waals surface area (Å²) in [5.74, 6) is -0.953. The summed E-state index contributed by atoms with van der Waals surface area (Å²) in [5.41, 5.74) is 3.00. The summed E-state index contributed by atoms with van der Waals surface area (Å²) in [4.78, 5) is 12.9. The molecule has 0 aromatic heterocycles. The molecule has 0 heterocycles. The highest BCUT2D eigenvalue weighted by atomic mass is 16.7. The van der Waals surface area contributed by atoms with Crippen LogP contribution in [0, 0.1) is 0 Å². The fourth-order valence-electron chi connectivity index (χ4n) is 3.30. The van der Waals surface area contributed by atoms with Gasteiger partial charge in [0, 0.05) is 22.3 Å². The molecule has 0 radical (unpaired) electrons. The van der Waals surface area contributed by atoms with Crippen LogP contribution in [0.2, 0.25) is 0 Å². The topological polar surface area (TPSA) is 35.5 Å². The number of fused-ring (bicyclic) bond motifs is 2. The second-order valence-electron chi connectivity index (χ2n) is 6.44. The first-order valence-corrected chi connectivity index (χ1v) is 9.26. The normalized spacial score (nSPS) is 14.9. The smallest absolute Gasteiger partial charge is 0.223 e. The number of ketones is 1. The highest BCUT2D eigenvalue weighted by molar-refractivity contribution is 6.12. The van der Waals surface area contributed by atoms with Crippen molar-refractivity contribution in [3.05, 3.63) is 70.8 Å². The van der Waals surface area contributed by atoms with E-state index in [0.717, 1.165) is 36.8 Å². The van der Waals surface area contributed by atoms with Gasteiger partial charge in [0.2, 0.25) is 5.79 Å². The summed E-state index contributed by atoms with van der Waals surface area (Å²) in [5, 5.41) is 0. The van der Waals surface area contributed by atoms with Gasteiger partial charge in [-0.3, -0.25) is 4.79 Å². The standard InChI is InChI=1S/C22H26O3/c1-3-5-15-24-22(25-16-6-4-2)19-13-9-7-11-17(19)21(23)18-12-8-10-14-20(18)22/h7-14H,3-6,15-16H2,1-2H3. The highest BCUT2D eigenvalue weighted by Crippen LogP contribution is 2.43. The molecule has 3 rings (SSSR count). The SMILES string of the molecule is CCCCOC1(OCCCC)c2ccccc2C(=O)c2ccccc21. The molecule has 1 aliphatic carbocycles. The lowest BCUT2D eigenvalue weighted by atomic mass is 9.80. The van der Waals surface area contributed by atoms with E-state index in [2.05, 4.69) is 13.8 Å². The third-order valence-corrected chi connectivity index (χ3v) is 4.66. The fraction of sp³-hybridized carbons (Fsp3) is 0.409. The van der Waals surface area contributed by atoms with Crippen LogP contribution >= 0.6 is 0 Å². The third-order valence-electron chi connectivity index (χ3n) is 4.66. The Hall–Kier alpha value is -1.97. The minimum atomic E-state index is -0.995. The van der Waals surface area contributed by atoms with E-state index >= 15 is 0 Å². The van der Waals surface area contributed by atoms with Gasteiger partial charge < -0.3 is 9.47 Å². The molecule has 0 aliphatic heterocycles. The van der Waals surface area contributed by atoms with Crippen LogP contribution in [0.5, 0.6) is 0 Å². The van der Waals surface area contributed by atoms with Crippen molar-refractivity contribution in [3.63, 3.8) is 0 Å². The minimum absolute atomic E-state index is 0.0417. The monoisotopic (exact) mass is 338 g/mol. The summed E-state index contributed by atoms with van der Waals surface area (Å²) in [6.45, 7) is 5.47. The summed E-state index contributed by atoms with van der Waals surface area (Å²) in [7, 11) is 0. The molecule has 0 saturated carbocycles. The van der Waals surface area contributed by atoms with Gasteiger partial charge in [-0.1, -0.05) is 75.2 Å². The van der Waals surface area contributed by atoms with Crippen LogP contribution in [0.3, 0.4) is 0 Å². The van der Waals surface area contributed by atoms with Crippen LogP contribution in [-0.2, 0) is 15.3 Å². The summed E-state index contributed by atoms with van der Waals surface area (Å²) >= 11 is 0. The van der Waals surface area contributed by atoms with Gasteiger partial charge in [-0.05, 0) is 12.8 Å². The zero-order valence-electron chi connectivity index (χ0n) is 15.1. The number of hydrogen-bond acceptors (Lipinski definition) is 3. The van der Waals surface area contributed by atoms with Crippen LogP contribution in [0.15, 0.2) is 48.5 Å². The molecule has 2 aromatic rings. The summed E-state index contributed by atoms with van der Waals surface area (Å²) in [6.07, 6.45) is 4.01. The molecule has 0 amide bonds. The first-order valence-electron chi connectivity index (χ1n) is 9.26. The van der Waals surface area contributed by atoms with Crippen molar-refractivity contribution in [2.24, 2.45) is 0 Å². The average Bonchev–Trinajstić information content (AvgIpc) is 2.66. The first-order chi connectivity index (χ1) is 12.2. The third kappa shape index (κ3) is 3.26. The van der Waals surface area contributed by atoms with Crippen molar-refractivity contribution in [2.75, 3.05) is 13.2 Å². The molecule has 2 aromatic carbocycles. The molecule has 0 saturated heterocycles. The van der Waals surface area contributed by atoms with E-state index in [0.29, 0.717) is 24.3 Å². The van der Waals surface area contributed by atoms with E-state index in [9.17, 15) is 4.79 Å². The van der Waals surface area contributed by atoms with Gasteiger partial charge in [0.1, 0.15) is 0 Å². The van der Waals surface area contributed by atoms with Gasteiger partial charge in [-0.15, -0.1) is 0 Å². The fourth-order valence-corrected chi connectivity index (χ4v) is 3.30. The first kappa shape index (κ1) is 17.8. The molecular weight excluding hydrogens is 312 g/mol. The van der Waals surface area contributed by atoms with E-state index < -0.39 is 5.79 Å². The Kier molecular flexibility index (Phi) is 5.67. The zero-order chi connectivity index (χ0) is 17.7. The Morgan fingerprint density at radius 1 is 0.760 bits per heavy atom. The van der Waals surface area contributed by atoms with Gasteiger partial charge in [0.05, 0.1) is 13.2 Å². The molecule has 3 nitrogen and oxygen atoms in total. The summed E-state index contributed by atoms with van der Waals surface area (Å²) in [6, 6.07) is 15.3. The number of unbranched alkanes of at least 4 members (excludes halogenated alkanes) is 2. The average molecular weight is 338 g/mol. The van der Waals surface area contributed by atoms with Crippen molar-refractivity contribution in [1.29, 1.82) is 0 Å². The molecule has 3 heteroatoms. The molecule has 0 N–H and O–H groups in total. The van der Waals surface area contributed by atoms with E-state index in [4.69, 9.17) is 9.47 Å². The van der Waals surface area contributed by atoms with E-state index in [1.807, 2.05) is 48.5 Å². The molecule has 0 atom stereocenters. The number of carbonyl (C=O) groups is 1. The molecule has 0 bridgehead atoms. The number of hydrogen-bond donors (Lipinski definition) is 0. The van der Waals surface area contributed by atoms with E-state index in [-0.39, 0.29) is 5.78 Å². The highest BCUT2D eigenvalue weighted by Gasteiger charge is 2.45.